The van der Waals surface area contributed by atoms with Gasteiger partial charge < -0.3 is 32.3 Å². The van der Waals surface area contributed by atoms with Crippen LogP contribution in [0.5, 0.6) is 0 Å². The number of carbonyl (C=O) groups excluding carboxylic acids is 1. The highest BCUT2D eigenvalue weighted by atomic mass is 16.2. The van der Waals surface area contributed by atoms with Crippen LogP contribution in [-0.4, -0.2) is 80.8 Å². The molecule has 5 aliphatic rings. The fourth-order valence-electron chi connectivity index (χ4n) is 6.69. The first-order valence-corrected chi connectivity index (χ1v) is 13.3. The van der Waals surface area contributed by atoms with E-state index in [1.807, 2.05) is 7.05 Å². The summed E-state index contributed by atoms with van der Waals surface area (Å²) >= 11 is 0. The SMILES string of the molecule is CNCC1CCC2(C)CCN(C1)C(C(C(=O)NC1=C(N3CCCCC3)CCNC1)C(N)N)C2. The topological polar surface area (TPSA) is 112 Å². The van der Waals surface area contributed by atoms with E-state index in [9.17, 15) is 4.79 Å². The Hall–Kier alpha value is -1.19. The lowest BCUT2D eigenvalue weighted by Gasteiger charge is -2.51. The Labute approximate surface area is 200 Å². The van der Waals surface area contributed by atoms with E-state index in [1.165, 1.54) is 44.2 Å². The molecule has 0 spiro atoms. The maximum Gasteiger partial charge on any atom is 0.231 e. The average molecular weight is 462 g/mol. The fourth-order valence-corrected chi connectivity index (χ4v) is 6.69. The molecule has 2 bridgehead atoms. The summed E-state index contributed by atoms with van der Waals surface area (Å²) in [5.74, 6) is 0.198. The maximum absolute atomic E-state index is 13.8. The third-order valence-corrected chi connectivity index (χ3v) is 8.65. The Bertz CT molecular complexity index is 705. The molecule has 8 heteroatoms. The molecule has 33 heavy (non-hydrogen) atoms. The largest absolute Gasteiger partial charge is 0.373 e. The van der Waals surface area contributed by atoms with Crippen LogP contribution in [-0.2, 0) is 4.79 Å². The third kappa shape index (κ3) is 5.90. The van der Waals surface area contributed by atoms with E-state index < -0.39 is 12.1 Å². The lowest BCUT2D eigenvalue weighted by molar-refractivity contribution is -0.130. The zero-order valence-corrected chi connectivity index (χ0v) is 20.9. The monoisotopic (exact) mass is 461 g/mol. The molecule has 0 saturated carbocycles. The number of hydrogen-bond acceptors (Lipinski definition) is 7. The second-order valence-electron chi connectivity index (χ2n) is 11.3. The number of fused-ring (bicyclic) bond motifs is 5. The number of nitrogens with two attached hydrogens (primary N) is 2. The van der Waals surface area contributed by atoms with Crippen molar-refractivity contribution < 1.29 is 4.79 Å². The van der Waals surface area contributed by atoms with Crippen LogP contribution in [0.3, 0.4) is 0 Å². The van der Waals surface area contributed by atoms with Crippen molar-refractivity contribution in [1.82, 2.24) is 25.8 Å². The van der Waals surface area contributed by atoms with Crippen LogP contribution >= 0.6 is 0 Å². The Morgan fingerprint density at radius 2 is 2.00 bits per heavy atom. The van der Waals surface area contributed by atoms with Crippen molar-refractivity contribution in [2.24, 2.45) is 28.7 Å². The minimum atomic E-state index is -0.669. The van der Waals surface area contributed by atoms with Crippen molar-refractivity contribution >= 4 is 5.91 Å². The van der Waals surface area contributed by atoms with Crippen molar-refractivity contribution in [3.8, 4) is 0 Å². The van der Waals surface area contributed by atoms with Gasteiger partial charge in [-0.15, -0.1) is 0 Å². The number of hydrogen-bond donors (Lipinski definition) is 5. The van der Waals surface area contributed by atoms with Crippen molar-refractivity contribution in [3.63, 3.8) is 0 Å². The van der Waals surface area contributed by atoms with E-state index in [2.05, 4.69) is 32.7 Å². The van der Waals surface area contributed by atoms with Crippen LogP contribution < -0.4 is 27.4 Å². The number of nitrogens with one attached hydrogen (secondary N) is 3. The van der Waals surface area contributed by atoms with Gasteiger partial charge in [0.15, 0.2) is 0 Å². The van der Waals surface area contributed by atoms with Gasteiger partial charge >= 0.3 is 0 Å². The minimum absolute atomic E-state index is 0.00296. The lowest BCUT2D eigenvalue weighted by Crippen LogP contribution is -2.62. The molecule has 0 radical (unpaired) electrons. The molecule has 188 valence electrons. The zero-order chi connectivity index (χ0) is 23.4. The van der Waals surface area contributed by atoms with Gasteiger partial charge in [0.25, 0.3) is 0 Å². The van der Waals surface area contributed by atoms with E-state index in [1.54, 1.807) is 0 Å². The number of nitrogens with zero attached hydrogens (tertiary/aromatic N) is 2. The minimum Gasteiger partial charge on any atom is -0.373 e. The van der Waals surface area contributed by atoms with Gasteiger partial charge in [-0.2, -0.15) is 0 Å². The first-order chi connectivity index (χ1) is 15.9. The summed E-state index contributed by atoms with van der Waals surface area (Å²) in [6.45, 7) is 9.32. The summed E-state index contributed by atoms with van der Waals surface area (Å²) in [5, 5.41) is 10.1. The molecule has 0 aromatic carbocycles. The van der Waals surface area contributed by atoms with Gasteiger partial charge in [-0.25, -0.2) is 0 Å². The van der Waals surface area contributed by atoms with Crippen LogP contribution in [0.1, 0.15) is 58.3 Å². The van der Waals surface area contributed by atoms with Crippen LogP contribution in [0.15, 0.2) is 11.4 Å². The number of likely N-dealkylation sites (tertiary alicyclic amines) is 1. The highest BCUT2D eigenvalue weighted by molar-refractivity contribution is 5.82. The van der Waals surface area contributed by atoms with Gasteiger partial charge in [0.05, 0.1) is 17.8 Å². The second-order valence-corrected chi connectivity index (χ2v) is 11.3. The van der Waals surface area contributed by atoms with Crippen LogP contribution in [0, 0.1) is 17.3 Å². The molecular weight excluding hydrogens is 414 g/mol. The predicted octanol–water partition coefficient (Wildman–Crippen LogP) is 0.753. The summed E-state index contributed by atoms with van der Waals surface area (Å²) in [6.07, 6.45) is 8.72. The summed E-state index contributed by atoms with van der Waals surface area (Å²) in [7, 11) is 2.03. The smallest absolute Gasteiger partial charge is 0.231 e. The van der Waals surface area contributed by atoms with Crippen molar-refractivity contribution in [1.29, 1.82) is 0 Å². The highest BCUT2D eigenvalue weighted by Gasteiger charge is 2.46. The van der Waals surface area contributed by atoms with Gasteiger partial charge in [-0.1, -0.05) is 6.92 Å². The quantitative estimate of drug-likeness (QED) is 0.356. The molecule has 4 saturated heterocycles. The maximum atomic E-state index is 13.8. The summed E-state index contributed by atoms with van der Waals surface area (Å²) in [6, 6.07) is 0.0963. The molecule has 1 amide bonds. The van der Waals surface area contributed by atoms with Gasteiger partial charge in [-0.05, 0) is 76.4 Å². The molecule has 0 aromatic rings. The van der Waals surface area contributed by atoms with E-state index in [0.717, 1.165) is 57.8 Å². The standard InChI is InChI=1S/C25H47N7O/c1-25-8-6-18(15-28-2)17-32(13-9-25)21(14-25)22(23(26)27)24(33)30-19-16-29-10-7-20(19)31-11-4-3-5-12-31/h18,21-23,28-29H,3-17,26-27H2,1-2H3,(H,30,33). The molecular formula is C25H47N7O. The van der Waals surface area contributed by atoms with Crippen LogP contribution in [0.2, 0.25) is 0 Å². The van der Waals surface area contributed by atoms with E-state index in [-0.39, 0.29) is 17.4 Å². The normalized spacial score (nSPS) is 34.2. The van der Waals surface area contributed by atoms with Crippen LogP contribution in [0.4, 0.5) is 0 Å². The Morgan fingerprint density at radius 3 is 2.73 bits per heavy atom. The molecule has 5 heterocycles. The summed E-state index contributed by atoms with van der Waals surface area (Å²) < 4.78 is 0. The molecule has 0 aromatic heterocycles. The van der Waals surface area contributed by atoms with Gasteiger partial charge in [0, 0.05) is 50.9 Å². The number of rotatable bonds is 7. The molecule has 7 N–H and O–H groups in total. The molecule has 4 fully saturated rings. The average Bonchev–Trinajstić information content (AvgIpc) is 2.79. The lowest BCUT2D eigenvalue weighted by atomic mass is 9.68. The third-order valence-electron chi connectivity index (χ3n) is 8.65. The Kier molecular flexibility index (Phi) is 8.33. The first-order valence-electron chi connectivity index (χ1n) is 13.3. The van der Waals surface area contributed by atoms with Gasteiger partial charge in [-0.3, -0.25) is 9.69 Å². The molecule has 5 atom stereocenters. The van der Waals surface area contributed by atoms with E-state index in [4.69, 9.17) is 11.5 Å². The highest BCUT2D eigenvalue weighted by Crippen LogP contribution is 2.44. The number of carbonyl (C=O) groups is 1. The molecule has 8 nitrogen and oxygen atoms in total. The second kappa shape index (κ2) is 11.0. The predicted molar refractivity (Wildman–Crippen MR) is 133 cm³/mol. The van der Waals surface area contributed by atoms with Gasteiger partial charge in [0.2, 0.25) is 5.91 Å². The number of piperidine rings is 2. The fraction of sp³-hybridized carbons (Fsp3) is 0.880. The van der Waals surface area contributed by atoms with Crippen LogP contribution in [0.25, 0.3) is 0 Å². The van der Waals surface area contributed by atoms with E-state index in [0.29, 0.717) is 12.5 Å². The Balaban J connectivity index is 1.54. The zero-order valence-electron chi connectivity index (χ0n) is 20.9. The van der Waals surface area contributed by atoms with Gasteiger partial charge in [0.1, 0.15) is 0 Å². The van der Waals surface area contributed by atoms with Crippen molar-refractivity contribution in [2.45, 2.75) is 70.5 Å². The van der Waals surface area contributed by atoms with Crippen molar-refractivity contribution in [2.75, 3.05) is 52.9 Å². The summed E-state index contributed by atoms with van der Waals surface area (Å²) in [4.78, 5) is 18.8. The Morgan fingerprint density at radius 1 is 1.21 bits per heavy atom. The number of amides is 1. The molecule has 0 aliphatic carbocycles. The summed E-state index contributed by atoms with van der Waals surface area (Å²) in [5.41, 5.74) is 15.3. The van der Waals surface area contributed by atoms with E-state index >= 15 is 0 Å². The molecule has 5 rings (SSSR count). The van der Waals surface area contributed by atoms with Crippen molar-refractivity contribution in [3.05, 3.63) is 11.4 Å². The molecule has 5 unspecified atom stereocenters. The first kappa shape index (κ1) is 24.9. The molecule has 5 aliphatic heterocycles.